The maximum atomic E-state index is 8.74. The van der Waals surface area contributed by atoms with Gasteiger partial charge in [0.1, 0.15) is 0 Å². The monoisotopic (exact) mass is 167 g/mol. The van der Waals surface area contributed by atoms with Crippen LogP contribution in [0.1, 0.15) is 19.8 Å². The lowest BCUT2D eigenvalue weighted by Crippen LogP contribution is -2.21. The van der Waals surface area contributed by atoms with Gasteiger partial charge >= 0.3 is 0 Å². The van der Waals surface area contributed by atoms with Gasteiger partial charge < -0.3 is 5.11 Å². The van der Waals surface area contributed by atoms with Crippen molar-refractivity contribution in [2.24, 2.45) is 5.92 Å². The largest absolute Gasteiger partial charge is 0.396 e. The molecule has 0 saturated carbocycles. The fraction of sp³-hybridized carbons (Fsp3) is 0.800. The summed E-state index contributed by atoms with van der Waals surface area (Å²) in [6.45, 7) is 5.38. The quantitative estimate of drug-likeness (QED) is 0.626. The molecule has 0 aromatic rings. The molecular weight excluding hydrogens is 150 g/mol. The van der Waals surface area contributed by atoms with Crippen LogP contribution in [0.2, 0.25) is 0 Å². The molecule has 2 nitrogen and oxygen atoms in total. The number of hydrogen-bond acceptors (Lipinski definition) is 2. The van der Waals surface area contributed by atoms with Crippen LogP contribution in [0.4, 0.5) is 0 Å². The van der Waals surface area contributed by atoms with E-state index in [9.17, 15) is 0 Å². The summed E-state index contributed by atoms with van der Waals surface area (Å²) in [6.07, 6.45) is 2.18. The second-order valence-corrected chi connectivity index (χ2v) is 3.33. The first kappa shape index (κ1) is 9.57. The molecule has 0 radical (unpaired) electrons. The van der Waals surface area contributed by atoms with E-state index in [4.69, 9.17) is 5.11 Å². The first-order valence-electron chi connectivity index (χ1n) is 4.59. The highest BCUT2D eigenvalue weighted by Gasteiger charge is 2.20. The minimum atomic E-state index is 0.331. The SMILES string of the molecule is CC#CCN1CCC(CCO)C1. The van der Waals surface area contributed by atoms with Gasteiger partial charge in [-0.05, 0) is 32.2 Å². The van der Waals surface area contributed by atoms with Crippen LogP contribution in [0.3, 0.4) is 0 Å². The first-order chi connectivity index (χ1) is 5.86. The second kappa shape index (κ2) is 5.18. The topological polar surface area (TPSA) is 23.5 Å². The highest BCUT2D eigenvalue weighted by molar-refractivity contribution is 4.98. The van der Waals surface area contributed by atoms with Gasteiger partial charge in [0.15, 0.2) is 0 Å². The van der Waals surface area contributed by atoms with Crippen LogP contribution < -0.4 is 0 Å². The zero-order chi connectivity index (χ0) is 8.81. The van der Waals surface area contributed by atoms with Gasteiger partial charge in [0, 0.05) is 13.2 Å². The molecule has 0 aromatic carbocycles. The van der Waals surface area contributed by atoms with E-state index in [1.54, 1.807) is 0 Å². The number of hydrogen-bond donors (Lipinski definition) is 1. The molecule has 2 heteroatoms. The van der Waals surface area contributed by atoms with Gasteiger partial charge in [0.25, 0.3) is 0 Å². The molecule has 68 valence electrons. The number of rotatable bonds is 3. The first-order valence-corrected chi connectivity index (χ1v) is 4.59. The third-order valence-corrected chi connectivity index (χ3v) is 2.39. The molecule has 1 saturated heterocycles. The van der Waals surface area contributed by atoms with E-state index in [1.807, 2.05) is 6.92 Å². The minimum absolute atomic E-state index is 0.331. The van der Waals surface area contributed by atoms with Crippen LogP contribution in [-0.2, 0) is 0 Å². The van der Waals surface area contributed by atoms with Gasteiger partial charge in [-0.15, -0.1) is 5.92 Å². The molecule has 0 aromatic heterocycles. The second-order valence-electron chi connectivity index (χ2n) is 3.33. The van der Waals surface area contributed by atoms with Crippen molar-refractivity contribution >= 4 is 0 Å². The van der Waals surface area contributed by atoms with Crippen LogP contribution in [0.15, 0.2) is 0 Å². The van der Waals surface area contributed by atoms with Gasteiger partial charge in [0.05, 0.1) is 6.54 Å². The van der Waals surface area contributed by atoms with Crippen molar-refractivity contribution in [2.75, 3.05) is 26.2 Å². The highest BCUT2D eigenvalue weighted by Crippen LogP contribution is 2.18. The summed E-state index contributed by atoms with van der Waals surface area (Å²) < 4.78 is 0. The lowest BCUT2D eigenvalue weighted by Gasteiger charge is -2.11. The Morgan fingerprint density at radius 2 is 2.42 bits per heavy atom. The number of aliphatic hydroxyl groups excluding tert-OH is 1. The molecule has 12 heavy (non-hydrogen) atoms. The minimum Gasteiger partial charge on any atom is -0.396 e. The van der Waals surface area contributed by atoms with E-state index in [0.717, 1.165) is 26.1 Å². The fourth-order valence-electron chi connectivity index (χ4n) is 1.67. The summed E-state index contributed by atoms with van der Waals surface area (Å²) in [5, 5.41) is 8.74. The summed E-state index contributed by atoms with van der Waals surface area (Å²) in [6, 6.07) is 0. The maximum absolute atomic E-state index is 8.74. The van der Waals surface area contributed by atoms with Crippen molar-refractivity contribution < 1.29 is 5.11 Å². The number of likely N-dealkylation sites (tertiary alicyclic amines) is 1. The van der Waals surface area contributed by atoms with Gasteiger partial charge in [-0.3, -0.25) is 4.90 Å². The van der Waals surface area contributed by atoms with Gasteiger partial charge in [-0.25, -0.2) is 0 Å². The van der Waals surface area contributed by atoms with E-state index >= 15 is 0 Å². The Bertz CT molecular complexity index is 180. The predicted octanol–water partition coefficient (Wildman–Crippen LogP) is 0.714. The van der Waals surface area contributed by atoms with Gasteiger partial charge in [-0.1, -0.05) is 5.92 Å². The van der Waals surface area contributed by atoms with E-state index in [2.05, 4.69) is 16.7 Å². The molecular formula is C10H17NO. The smallest absolute Gasteiger partial charge is 0.0601 e. The maximum Gasteiger partial charge on any atom is 0.0601 e. The Morgan fingerprint density at radius 1 is 1.58 bits per heavy atom. The lowest BCUT2D eigenvalue weighted by molar-refractivity contribution is 0.254. The Hall–Kier alpha value is -0.520. The molecule has 0 amide bonds. The summed E-state index contributed by atoms with van der Waals surface area (Å²) in [7, 11) is 0. The van der Waals surface area contributed by atoms with Crippen LogP contribution in [-0.4, -0.2) is 36.2 Å². The number of aliphatic hydroxyl groups is 1. The van der Waals surface area contributed by atoms with Gasteiger partial charge in [-0.2, -0.15) is 0 Å². The molecule has 0 spiro atoms. The van der Waals surface area contributed by atoms with Crippen molar-refractivity contribution in [1.29, 1.82) is 0 Å². The van der Waals surface area contributed by atoms with Crippen molar-refractivity contribution in [2.45, 2.75) is 19.8 Å². The fourth-order valence-corrected chi connectivity index (χ4v) is 1.67. The third-order valence-electron chi connectivity index (χ3n) is 2.39. The van der Waals surface area contributed by atoms with E-state index in [0.29, 0.717) is 12.5 Å². The summed E-state index contributed by atoms with van der Waals surface area (Å²) >= 11 is 0. The van der Waals surface area contributed by atoms with Crippen LogP contribution >= 0.6 is 0 Å². The van der Waals surface area contributed by atoms with Crippen LogP contribution in [0, 0.1) is 17.8 Å². The van der Waals surface area contributed by atoms with E-state index in [-0.39, 0.29) is 0 Å². The Balaban J connectivity index is 2.19. The molecule has 1 rings (SSSR count). The Kier molecular flexibility index (Phi) is 4.13. The Morgan fingerprint density at radius 3 is 3.08 bits per heavy atom. The van der Waals surface area contributed by atoms with Crippen LogP contribution in [0.5, 0.6) is 0 Å². The molecule has 1 fully saturated rings. The Labute approximate surface area is 74.6 Å². The zero-order valence-corrected chi connectivity index (χ0v) is 7.71. The van der Waals surface area contributed by atoms with Gasteiger partial charge in [0.2, 0.25) is 0 Å². The van der Waals surface area contributed by atoms with Crippen molar-refractivity contribution in [1.82, 2.24) is 4.90 Å². The lowest BCUT2D eigenvalue weighted by atomic mass is 10.1. The standard InChI is InChI=1S/C10H17NO/c1-2-3-6-11-7-4-10(9-11)5-8-12/h10,12H,4-9H2,1H3. The summed E-state index contributed by atoms with van der Waals surface area (Å²) in [5.41, 5.74) is 0. The molecule has 0 bridgehead atoms. The van der Waals surface area contributed by atoms with E-state index in [1.165, 1.54) is 6.42 Å². The summed E-state index contributed by atoms with van der Waals surface area (Å²) in [5.74, 6) is 6.67. The third kappa shape index (κ3) is 2.84. The molecule has 1 aliphatic heterocycles. The number of nitrogens with zero attached hydrogens (tertiary/aromatic N) is 1. The average molecular weight is 167 g/mol. The van der Waals surface area contributed by atoms with Crippen molar-refractivity contribution in [3.8, 4) is 11.8 Å². The molecule has 1 unspecified atom stereocenters. The van der Waals surface area contributed by atoms with Crippen molar-refractivity contribution in [3.05, 3.63) is 0 Å². The summed E-state index contributed by atoms with van der Waals surface area (Å²) in [4.78, 5) is 2.36. The average Bonchev–Trinajstić information content (AvgIpc) is 2.50. The van der Waals surface area contributed by atoms with Crippen molar-refractivity contribution in [3.63, 3.8) is 0 Å². The molecule has 1 aliphatic rings. The molecule has 1 atom stereocenters. The highest BCUT2D eigenvalue weighted by atomic mass is 16.3. The predicted molar refractivity (Wildman–Crippen MR) is 49.7 cm³/mol. The zero-order valence-electron chi connectivity index (χ0n) is 7.71. The molecule has 1 N–H and O–H groups in total. The normalized spacial score (nSPS) is 23.7. The van der Waals surface area contributed by atoms with E-state index < -0.39 is 0 Å². The van der Waals surface area contributed by atoms with Crippen LogP contribution in [0.25, 0.3) is 0 Å². The molecule has 0 aliphatic carbocycles. The molecule has 1 heterocycles.